The van der Waals surface area contributed by atoms with E-state index in [-0.39, 0.29) is 5.41 Å². The fraction of sp³-hybridized carbons (Fsp3) is 0.500. The van der Waals surface area contributed by atoms with E-state index in [0.717, 1.165) is 11.0 Å². The Hall–Kier alpha value is -1.31. The van der Waals surface area contributed by atoms with Crippen molar-refractivity contribution in [2.24, 2.45) is 0 Å². The molecular formula is C14H19NO. The van der Waals surface area contributed by atoms with Crippen LogP contribution in [0.25, 0.3) is 11.0 Å². The summed E-state index contributed by atoms with van der Waals surface area (Å²) in [5.74, 6) is 0.462. The lowest BCUT2D eigenvalue weighted by atomic mass is 9.83. The first kappa shape index (κ1) is 11.2. The van der Waals surface area contributed by atoms with Crippen molar-refractivity contribution >= 4 is 11.0 Å². The molecule has 0 fully saturated rings. The van der Waals surface area contributed by atoms with Gasteiger partial charge in [-0.1, -0.05) is 51.9 Å². The van der Waals surface area contributed by atoms with Crippen LogP contribution in [0.15, 0.2) is 22.9 Å². The van der Waals surface area contributed by atoms with Crippen molar-refractivity contribution in [3.63, 3.8) is 0 Å². The van der Waals surface area contributed by atoms with Crippen LogP contribution < -0.4 is 0 Å². The molecule has 86 valence electrons. The summed E-state index contributed by atoms with van der Waals surface area (Å²) in [5.41, 5.74) is 3.61. The zero-order valence-electron chi connectivity index (χ0n) is 10.7. The molecule has 0 spiro atoms. The van der Waals surface area contributed by atoms with E-state index in [2.05, 4.69) is 51.9 Å². The van der Waals surface area contributed by atoms with Gasteiger partial charge in [0.25, 0.3) is 0 Å². The number of hydrogen-bond acceptors (Lipinski definition) is 2. The maximum absolute atomic E-state index is 5.40. The lowest BCUT2D eigenvalue weighted by Crippen LogP contribution is -2.11. The number of fused-ring (bicyclic) bond motifs is 1. The van der Waals surface area contributed by atoms with Crippen LogP contribution in [0.3, 0.4) is 0 Å². The SMILES string of the molecule is CC(C)c1ccc(C(C)(C)C)c2cnoc12. The molecule has 1 heterocycles. The van der Waals surface area contributed by atoms with Crippen molar-refractivity contribution in [2.45, 2.75) is 46.0 Å². The lowest BCUT2D eigenvalue weighted by molar-refractivity contribution is 0.452. The highest BCUT2D eigenvalue weighted by Gasteiger charge is 2.20. The first-order valence-corrected chi connectivity index (χ1v) is 5.79. The highest BCUT2D eigenvalue weighted by Crippen LogP contribution is 2.34. The molecule has 0 amide bonds. The highest BCUT2D eigenvalue weighted by atomic mass is 16.5. The Morgan fingerprint density at radius 2 is 1.88 bits per heavy atom. The molecule has 0 radical (unpaired) electrons. The van der Waals surface area contributed by atoms with Gasteiger partial charge in [-0.3, -0.25) is 0 Å². The van der Waals surface area contributed by atoms with E-state index in [1.807, 2.05) is 6.20 Å². The van der Waals surface area contributed by atoms with Gasteiger partial charge < -0.3 is 4.52 Å². The Morgan fingerprint density at radius 3 is 2.44 bits per heavy atom. The molecule has 0 saturated carbocycles. The van der Waals surface area contributed by atoms with Gasteiger partial charge >= 0.3 is 0 Å². The number of nitrogens with zero attached hydrogens (tertiary/aromatic N) is 1. The summed E-state index contributed by atoms with van der Waals surface area (Å²) in [6.07, 6.45) is 1.84. The fourth-order valence-electron chi connectivity index (χ4n) is 2.09. The number of rotatable bonds is 1. The molecule has 1 aromatic heterocycles. The van der Waals surface area contributed by atoms with Crippen LogP contribution in [0, 0.1) is 0 Å². The molecule has 0 aliphatic carbocycles. The average molecular weight is 217 g/mol. The van der Waals surface area contributed by atoms with E-state index in [9.17, 15) is 0 Å². The molecule has 0 atom stereocenters. The van der Waals surface area contributed by atoms with Crippen molar-refractivity contribution in [3.05, 3.63) is 29.5 Å². The van der Waals surface area contributed by atoms with Gasteiger partial charge in [-0.2, -0.15) is 0 Å². The number of benzene rings is 1. The predicted molar refractivity (Wildman–Crippen MR) is 66.8 cm³/mol. The smallest absolute Gasteiger partial charge is 0.170 e. The van der Waals surface area contributed by atoms with Crippen molar-refractivity contribution in [1.82, 2.24) is 5.16 Å². The van der Waals surface area contributed by atoms with Crippen LogP contribution in [0.1, 0.15) is 51.7 Å². The summed E-state index contributed by atoms with van der Waals surface area (Å²) in [7, 11) is 0. The third-order valence-electron chi connectivity index (χ3n) is 2.98. The number of hydrogen-bond donors (Lipinski definition) is 0. The average Bonchev–Trinajstić information content (AvgIpc) is 2.61. The monoisotopic (exact) mass is 217 g/mol. The van der Waals surface area contributed by atoms with Crippen LogP contribution in [-0.2, 0) is 5.41 Å². The minimum absolute atomic E-state index is 0.124. The van der Waals surface area contributed by atoms with Crippen LogP contribution >= 0.6 is 0 Å². The van der Waals surface area contributed by atoms with Gasteiger partial charge in [-0.05, 0) is 16.9 Å². The summed E-state index contributed by atoms with van der Waals surface area (Å²) >= 11 is 0. The molecule has 2 aromatic rings. The first-order valence-electron chi connectivity index (χ1n) is 5.79. The second-order valence-corrected chi connectivity index (χ2v) is 5.68. The van der Waals surface area contributed by atoms with Gasteiger partial charge in [0.05, 0.1) is 6.20 Å². The van der Waals surface area contributed by atoms with Gasteiger partial charge in [0, 0.05) is 10.9 Å². The van der Waals surface area contributed by atoms with Crippen LogP contribution in [0.5, 0.6) is 0 Å². The summed E-state index contributed by atoms with van der Waals surface area (Å²) in [6, 6.07) is 4.37. The second-order valence-electron chi connectivity index (χ2n) is 5.68. The Morgan fingerprint density at radius 1 is 1.19 bits per heavy atom. The lowest BCUT2D eigenvalue weighted by Gasteiger charge is -2.20. The topological polar surface area (TPSA) is 26.0 Å². The third-order valence-corrected chi connectivity index (χ3v) is 2.98. The molecule has 0 N–H and O–H groups in total. The third kappa shape index (κ3) is 1.73. The van der Waals surface area contributed by atoms with Crippen LogP contribution in [-0.4, -0.2) is 5.16 Å². The van der Waals surface area contributed by atoms with Crippen molar-refractivity contribution < 1.29 is 4.52 Å². The van der Waals surface area contributed by atoms with Crippen molar-refractivity contribution in [3.8, 4) is 0 Å². The molecule has 0 unspecified atom stereocenters. The largest absolute Gasteiger partial charge is 0.356 e. The number of aromatic nitrogens is 1. The van der Waals surface area contributed by atoms with E-state index in [4.69, 9.17) is 4.52 Å². The van der Waals surface area contributed by atoms with E-state index in [0.29, 0.717) is 5.92 Å². The van der Waals surface area contributed by atoms with E-state index in [1.165, 1.54) is 11.1 Å². The molecule has 16 heavy (non-hydrogen) atoms. The van der Waals surface area contributed by atoms with Gasteiger partial charge in [0.15, 0.2) is 5.58 Å². The Bertz CT molecular complexity index is 503. The molecular weight excluding hydrogens is 198 g/mol. The standard InChI is InChI=1S/C14H19NO/c1-9(2)10-6-7-12(14(3,4)5)11-8-15-16-13(10)11/h6-9H,1-5H3. The van der Waals surface area contributed by atoms with Crippen molar-refractivity contribution in [1.29, 1.82) is 0 Å². The van der Waals surface area contributed by atoms with E-state index < -0.39 is 0 Å². The Balaban J connectivity index is 2.74. The van der Waals surface area contributed by atoms with Crippen LogP contribution in [0.2, 0.25) is 0 Å². The Kier molecular flexibility index (Phi) is 2.53. The minimum Gasteiger partial charge on any atom is -0.356 e. The molecule has 0 bridgehead atoms. The molecule has 2 nitrogen and oxygen atoms in total. The molecule has 0 aliphatic heterocycles. The van der Waals surface area contributed by atoms with E-state index >= 15 is 0 Å². The molecule has 2 rings (SSSR count). The molecule has 0 saturated heterocycles. The first-order chi connectivity index (χ1) is 7.41. The zero-order valence-corrected chi connectivity index (χ0v) is 10.7. The molecule has 1 aromatic carbocycles. The van der Waals surface area contributed by atoms with E-state index in [1.54, 1.807) is 0 Å². The minimum atomic E-state index is 0.124. The van der Waals surface area contributed by atoms with Crippen molar-refractivity contribution in [2.75, 3.05) is 0 Å². The Labute approximate surface area is 96.6 Å². The molecule has 2 heteroatoms. The summed E-state index contributed by atoms with van der Waals surface area (Å²) < 4.78 is 5.40. The van der Waals surface area contributed by atoms with Crippen LogP contribution in [0.4, 0.5) is 0 Å². The second kappa shape index (κ2) is 3.62. The normalized spacial score (nSPS) is 12.6. The van der Waals surface area contributed by atoms with Gasteiger partial charge in [0.2, 0.25) is 0 Å². The maximum Gasteiger partial charge on any atom is 0.170 e. The summed E-state index contributed by atoms with van der Waals surface area (Å²) in [6.45, 7) is 11.0. The summed E-state index contributed by atoms with van der Waals surface area (Å²) in [5, 5.41) is 5.10. The zero-order chi connectivity index (χ0) is 11.9. The van der Waals surface area contributed by atoms with Gasteiger partial charge in [-0.15, -0.1) is 0 Å². The quantitative estimate of drug-likeness (QED) is 0.713. The molecule has 0 aliphatic rings. The fourth-order valence-corrected chi connectivity index (χ4v) is 2.09. The highest BCUT2D eigenvalue weighted by molar-refractivity contribution is 5.84. The maximum atomic E-state index is 5.40. The summed E-state index contributed by atoms with van der Waals surface area (Å²) in [4.78, 5) is 0. The van der Waals surface area contributed by atoms with Gasteiger partial charge in [-0.25, -0.2) is 0 Å². The predicted octanol–water partition coefficient (Wildman–Crippen LogP) is 4.25. The van der Waals surface area contributed by atoms with Gasteiger partial charge in [0.1, 0.15) is 0 Å².